The lowest BCUT2D eigenvalue weighted by atomic mass is 9.92. The maximum atomic E-state index is 6.00. The molecule has 3 nitrogen and oxygen atoms in total. The van der Waals surface area contributed by atoms with Gasteiger partial charge >= 0.3 is 0 Å². The molecule has 21 heavy (non-hydrogen) atoms. The van der Waals surface area contributed by atoms with Crippen LogP contribution in [0.25, 0.3) is 0 Å². The Morgan fingerprint density at radius 2 is 1.90 bits per heavy atom. The first kappa shape index (κ1) is 16.8. The zero-order chi connectivity index (χ0) is 15.6. The third-order valence-electron chi connectivity index (χ3n) is 2.80. The monoisotopic (exact) mass is 429 g/mol. The van der Waals surface area contributed by atoms with E-state index >= 15 is 0 Å². The van der Waals surface area contributed by atoms with E-state index in [2.05, 4.69) is 74.7 Å². The number of aromatic nitrogens is 2. The maximum absolute atomic E-state index is 6.00. The van der Waals surface area contributed by atoms with Gasteiger partial charge in [0.25, 0.3) is 0 Å². The highest BCUT2D eigenvalue weighted by Crippen LogP contribution is 2.32. The summed E-state index contributed by atoms with van der Waals surface area (Å²) >= 11 is 8.66. The van der Waals surface area contributed by atoms with Crippen LogP contribution in [0.1, 0.15) is 32.3 Å². The molecule has 0 radical (unpaired) electrons. The molecule has 0 amide bonds. The molecule has 0 aliphatic carbocycles. The molecule has 0 saturated carbocycles. The van der Waals surface area contributed by atoms with E-state index in [9.17, 15) is 0 Å². The molecule has 2 N–H and O–H groups in total. The fraction of sp³-hybridized carbons (Fsp3) is 0.333. The molecular weight excluding hydrogens is 414 g/mol. The third-order valence-corrected chi connectivity index (χ3v) is 5.06. The minimum absolute atomic E-state index is 0.0783. The van der Waals surface area contributed by atoms with Gasteiger partial charge in [-0.3, -0.25) is 0 Å². The molecule has 0 aliphatic rings. The van der Waals surface area contributed by atoms with E-state index in [0.717, 1.165) is 20.5 Å². The molecule has 0 aliphatic heterocycles. The van der Waals surface area contributed by atoms with Gasteiger partial charge in [-0.05, 0) is 34.1 Å². The van der Waals surface area contributed by atoms with Crippen molar-refractivity contribution in [3.63, 3.8) is 0 Å². The van der Waals surface area contributed by atoms with Crippen LogP contribution in [0.5, 0.6) is 0 Å². The summed E-state index contributed by atoms with van der Waals surface area (Å²) in [6, 6.07) is 8.18. The van der Waals surface area contributed by atoms with Crippen molar-refractivity contribution >= 4 is 49.4 Å². The minimum Gasteiger partial charge on any atom is -0.383 e. The van der Waals surface area contributed by atoms with Crippen molar-refractivity contribution in [1.29, 1.82) is 0 Å². The summed E-state index contributed by atoms with van der Waals surface area (Å²) < 4.78 is 1.87. The van der Waals surface area contributed by atoms with Crippen LogP contribution in [0.3, 0.4) is 0 Å². The number of benzene rings is 1. The number of nitrogens with zero attached hydrogens (tertiary/aromatic N) is 2. The van der Waals surface area contributed by atoms with Crippen molar-refractivity contribution in [2.75, 3.05) is 5.73 Å². The molecule has 0 bridgehead atoms. The van der Waals surface area contributed by atoms with E-state index < -0.39 is 0 Å². The normalized spacial score (nSPS) is 11.7. The average Bonchev–Trinajstić information content (AvgIpc) is 2.38. The zero-order valence-electron chi connectivity index (χ0n) is 12.2. The Bertz CT molecular complexity index is 654. The van der Waals surface area contributed by atoms with Crippen molar-refractivity contribution in [2.45, 2.75) is 36.8 Å². The van der Waals surface area contributed by atoms with Crippen molar-refractivity contribution in [3.8, 4) is 0 Å². The first-order chi connectivity index (χ1) is 9.77. The number of anilines is 1. The summed E-state index contributed by atoms with van der Waals surface area (Å²) in [4.78, 5) is 10.2. The van der Waals surface area contributed by atoms with E-state index in [1.807, 2.05) is 12.1 Å². The standard InChI is InChI=1S/C15H17Br2N3S/c1-15(2,3)13-12(17)14(18)20-11(19-13)8-21-10-6-4-5-9(16)7-10/h4-7H,8H2,1-3H3,(H2,18,19,20). The predicted octanol–water partition coefficient (Wildman–Crippen LogP) is 5.17. The topological polar surface area (TPSA) is 51.8 Å². The summed E-state index contributed by atoms with van der Waals surface area (Å²) in [5, 5.41) is 0. The largest absolute Gasteiger partial charge is 0.383 e. The number of hydrogen-bond donors (Lipinski definition) is 1. The molecule has 1 heterocycles. The quantitative estimate of drug-likeness (QED) is 0.682. The van der Waals surface area contributed by atoms with Gasteiger partial charge in [-0.15, -0.1) is 11.8 Å². The lowest BCUT2D eigenvalue weighted by Gasteiger charge is -2.20. The van der Waals surface area contributed by atoms with Gasteiger partial charge in [0.05, 0.1) is 15.9 Å². The lowest BCUT2D eigenvalue weighted by molar-refractivity contribution is 0.561. The second-order valence-corrected chi connectivity index (χ2v) is 8.44. The molecular formula is C15H17Br2N3S. The minimum atomic E-state index is -0.0783. The van der Waals surface area contributed by atoms with Crippen LogP contribution < -0.4 is 5.73 Å². The first-order valence-corrected chi connectivity index (χ1v) is 9.05. The number of nitrogen functional groups attached to an aromatic ring is 1. The average molecular weight is 431 g/mol. The third kappa shape index (κ3) is 4.44. The Morgan fingerprint density at radius 1 is 1.19 bits per heavy atom. The molecule has 2 aromatic rings. The maximum Gasteiger partial charge on any atom is 0.141 e. The van der Waals surface area contributed by atoms with Gasteiger partial charge < -0.3 is 5.73 Å². The number of nitrogens with two attached hydrogens (primary N) is 1. The molecule has 1 aromatic carbocycles. The van der Waals surface area contributed by atoms with Gasteiger partial charge in [-0.1, -0.05) is 42.8 Å². The highest BCUT2D eigenvalue weighted by molar-refractivity contribution is 9.11. The summed E-state index contributed by atoms with van der Waals surface area (Å²) in [7, 11) is 0. The number of hydrogen-bond acceptors (Lipinski definition) is 4. The number of rotatable bonds is 3. The van der Waals surface area contributed by atoms with Gasteiger partial charge in [0.2, 0.25) is 0 Å². The van der Waals surface area contributed by atoms with Crippen LogP contribution in [0.4, 0.5) is 5.82 Å². The second-order valence-electron chi connectivity index (χ2n) is 5.68. The van der Waals surface area contributed by atoms with E-state index in [0.29, 0.717) is 11.6 Å². The fourth-order valence-corrected chi connectivity index (χ4v) is 3.91. The zero-order valence-corrected chi connectivity index (χ0v) is 16.1. The Balaban J connectivity index is 2.23. The Kier molecular flexibility index (Phi) is 5.33. The molecule has 1 aromatic heterocycles. The smallest absolute Gasteiger partial charge is 0.141 e. The van der Waals surface area contributed by atoms with E-state index in [1.54, 1.807) is 11.8 Å². The SMILES string of the molecule is CC(C)(C)c1nc(CSc2cccc(Br)c2)nc(N)c1Br. The first-order valence-electron chi connectivity index (χ1n) is 6.48. The van der Waals surface area contributed by atoms with E-state index in [1.165, 1.54) is 4.90 Å². The predicted molar refractivity (Wildman–Crippen MR) is 96.5 cm³/mol. The van der Waals surface area contributed by atoms with Crippen LogP contribution in [-0.2, 0) is 11.2 Å². The molecule has 0 saturated heterocycles. The molecule has 2 rings (SSSR count). The van der Waals surface area contributed by atoms with Crippen LogP contribution in [-0.4, -0.2) is 9.97 Å². The number of thioether (sulfide) groups is 1. The van der Waals surface area contributed by atoms with Gasteiger partial charge in [-0.25, -0.2) is 9.97 Å². The lowest BCUT2D eigenvalue weighted by Crippen LogP contribution is -2.17. The summed E-state index contributed by atoms with van der Waals surface area (Å²) in [5.74, 6) is 1.95. The van der Waals surface area contributed by atoms with Gasteiger partial charge in [0, 0.05) is 14.8 Å². The highest BCUT2D eigenvalue weighted by atomic mass is 79.9. The van der Waals surface area contributed by atoms with Crippen molar-refractivity contribution in [2.24, 2.45) is 0 Å². The molecule has 0 spiro atoms. The van der Waals surface area contributed by atoms with Gasteiger partial charge in [0.1, 0.15) is 11.6 Å². The van der Waals surface area contributed by atoms with E-state index in [-0.39, 0.29) is 5.41 Å². The molecule has 112 valence electrons. The highest BCUT2D eigenvalue weighted by Gasteiger charge is 2.22. The Hall–Kier alpha value is -0.590. The van der Waals surface area contributed by atoms with Gasteiger partial charge in [-0.2, -0.15) is 0 Å². The van der Waals surface area contributed by atoms with Crippen molar-refractivity contribution in [1.82, 2.24) is 9.97 Å². The second kappa shape index (κ2) is 6.67. The fourth-order valence-electron chi connectivity index (χ4n) is 1.78. The van der Waals surface area contributed by atoms with Gasteiger partial charge in [0.15, 0.2) is 0 Å². The Labute approximate surface area is 146 Å². The van der Waals surface area contributed by atoms with Crippen LogP contribution in [0.2, 0.25) is 0 Å². The van der Waals surface area contributed by atoms with Crippen molar-refractivity contribution in [3.05, 3.63) is 44.7 Å². The molecule has 6 heteroatoms. The molecule has 0 fully saturated rings. The molecule has 0 unspecified atom stereocenters. The van der Waals surface area contributed by atoms with Crippen LogP contribution in [0.15, 0.2) is 38.1 Å². The summed E-state index contributed by atoms with van der Waals surface area (Å²) in [6.45, 7) is 6.35. The van der Waals surface area contributed by atoms with Crippen LogP contribution in [0, 0.1) is 0 Å². The van der Waals surface area contributed by atoms with E-state index in [4.69, 9.17) is 5.73 Å². The summed E-state index contributed by atoms with van der Waals surface area (Å²) in [6.07, 6.45) is 0. The van der Waals surface area contributed by atoms with Crippen molar-refractivity contribution < 1.29 is 0 Å². The number of halogens is 2. The Morgan fingerprint density at radius 3 is 2.52 bits per heavy atom. The summed E-state index contributed by atoms with van der Waals surface area (Å²) in [5.41, 5.74) is 6.86. The molecule has 0 atom stereocenters. The van der Waals surface area contributed by atoms with Crippen LogP contribution >= 0.6 is 43.6 Å².